The van der Waals surface area contributed by atoms with Gasteiger partial charge in [-0.15, -0.1) is 0 Å². The smallest absolute Gasteiger partial charge is 0.226 e. The molecule has 0 aromatic rings. The van der Waals surface area contributed by atoms with Gasteiger partial charge < -0.3 is 14.9 Å². The Morgan fingerprint density at radius 1 is 1.24 bits per heavy atom. The minimum atomic E-state index is 0.186. The van der Waals surface area contributed by atoms with Crippen molar-refractivity contribution in [2.24, 2.45) is 11.8 Å². The molecule has 0 aromatic carbocycles. The molecule has 17 heavy (non-hydrogen) atoms. The lowest BCUT2D eigenvalue weighted by atomic mass is 9.93. The fourth-order valence-electron chi connectivity index (χ4n) is 3.04. The second-order valence-corrected chi connectivity index (χ2v) is 5.58. The van der Waals surface area contributed by atoms with Crippen LogP contribution in [0.1, 0.15) is 25.7 Å². The molecule has 0 aliphatic carbocycles. The molecular weight excluding hydrogens is 216 g/mol. The summed E-state index contributed by atoms with van der Waals surface area (Å²) in [7, 11) is 2.09. The van der Waals surface area contributed by atoms with Crippen LogP contribution in [0.25, 0.3) is 0 Å². The molecule has 2 aliphatic rings. The van der Waals surface area contributed by atoms with E-state index in [0.29, 0.717) is 11.8 Å². The summed E-state index contributed by atoms with van der Waals surface area (Å²) in [5.74, 6) is 0.801. The molecule has 2 fully saturated rings. The average Bonchev–Trinajstić information content (AvgIpc) is 2.38. The monoisotopic (exact) mass is 240 g/mol. The molecule has 98 valence electrons. The highest BCUT2D eigenvalue weighted by molar-refractivity contribution is 5.79. The standard InChI is InChI=1S/C13H24N2O2/c1-14-6-3-5-12(9-14)13(17)15-7-2-4-11(8-15)10-16/h11-12,16H,2-10H2,1H3/t11-,12-/m1/s1. The van der Waals surface area contributed by atoms with Crippen LogP contribution in [-0.2, 0) is 4.79 Å². The number of aliphatic hydroxyl groups excluding tert-OH is 1. The van der Waals surface area contributed by atoms with Gasteiger partial charge in [0.2, 0.25) is 5.91 Å². The number of likely N-dealkylation sites (tertiary alicyclic amines) is 2. The molecular formula is C13H24N2O2. The molecule has 0 spiro atoms. The number of rotatable bonds is 2. The van der Waals surface area contributed by atoms with Gasteiger partial charge in [0.25, 0.3) is 0 Å². The van der Waals surface area contributed by atoms with E-state index < -0.39 is 0 Å². The largest absolute Gasteiger partial charge is 0.396 e. The highest BCUT2D eigenvalue weighted by atomic mass is 16.3. The lowest BCUT2D eigenvalue weighted by Crippen LogP contribution is -2.47. The van der Waals surface area contributed by atoms with Crippen LogP contribution in [0.3, 0.4) is 0 Å². The molecule has 0 unspecified atom stereocenters. The van der Waals surface area contributed by atoms with E-state index in [1.807, 2.05) is 4.90 Å². The van der Waals surface area contributed by atoms with Crippen LogP contribution in [0, 0.1) is 11.8 Å². The molecule has 4 nitrogen and oxygen atoms in total. The molecule has 0 aromatic heterocycles. The Bertz CT molecular complexity index is 270. The van der Waals surface area contributed by atoms with Gasteiger partial charge >= 0.3 is 0 Å². The van der Waals surface area contributed by atoms with E-state index in [0.717, 1.165) is 51.9 Å². The van der Waals surface area contributed by atoms with E-state index in [9.17, 15) is 9.90 Å². The lowest BCUT2D eigenvalue weighted by Gasteiger charge is -2.37. The number of piperidine rings is 2. The highest BCUT2D eigenvalue weighted by Gasteiger charge is 2.30. The number of hydrogen-bond donors (Lipinski definition) is 1. The summed E-state index contributed by atoms with van der Waals surface area (Å²) in [6.45, 7) is 3.88. The lowest BCUT2D eigenvalue weighted by molar-refractivity contribution is -0.139. The van der Waals surface area contributed by atoms with E-state index in [2.05, 4.69) is 11.9 Å². The molecule has 2 atom stereocenters. The van der Waals surface area contributed by atoms with Crippen molar-refractivity contribution in [3.63, 3.8) is 0 Å². The molecule has 1 N–H and O–H groups in total. The van der Waals surface area contributed by atoms with Gasteiger partial charge in [-0.25, -0.2) is 0 Å². The number of aliphatic hydroxyl groups is 1. The molecule has 1 amide bonds. The van der Waals surface area contributed by atoms with Crippen LogP contribution in [-0.4, -0.2) is 60.6 Å². The summed E-state index contributed by atoms with van der Waals surface area (Å²) < 4.78 is 0. The second-order valence-electron chi connectivity index (χ2n) is 5.58. The summed E-state index contributed by atoms with van der Waals surface area (Å²) in [5.41, 5.74) is 0. The molecule has 2 heterocycles. The van der Waals surface area contributed by atoms with E-state index >= 15 is 0 Å². The van der Waals surface area contributed by atoms with E-state index in [1.54, 1.807) is 0 Å². The molecule has 0 bridgehead atoms. The minimum Gasteiger partial charge on any atom is -0.396 e. The van der Waals surface area contributed by atoms with Crippen molar-refractivity contribution in [1.29, 1.82) is 0 Å². The third-order valence-electron chi connectivity index (χ3n) is 4.06. The summed E-state index contributed by atoms with van der Waals surface area (Å²) in [6, 6.07) is 0. The van der Waals surface area contributed by atoms with Gasteiger partial charge in [0.1, 0.15) is 0 Å². The molecule has 4 heteroatoms. The second kappa shape index (κ2) is 5.83. The number of amides is 1. The van der Waals surface area contributed by atoms with Crippen molar-refractivity contribution >= 4 is 5.91 Å². The first-order valence-electron chi connectivity index (χ1n) is 6.79. The summed E-state index contributed by atoms with van der Waals surface area (Å²) >= 11 is 0. The zero-order valence-corrected chi connectivity index (χ0v) is 10.8. The Balaban J connectivity index is 1.89. The third kappa shape index (κ3) is 3.19. The minimum absolute atomic E-state index is 0.186. The summed E-state index contributed by atoms with van der Waals surface area (Å²) in [4.78, 5) is 16.6. The number of carbonyl (C=O) groups is 1. The summed E-state index contributed by atoms with van der Waals surface area (Å²) in [6.07, 6.45) is 4.26. The fourth-order valence-corrected chi connectivity index (χ4v) is 3.04. The number of hydrogen-bond acceptors (Lipinski definition) is 3. The van der Waals surface area contributed by atoms with Gasteiger partial charge in [0, 0.05) is 26.2 Å². The maximum absolute atomic E-state index is 12.4. The van der Waals surface area contributed by atoms with Crippen molar-refractivity contribution in [3.8, 4) is 0 Å². The van der Waals surface area contributed by atoms with E-state index in [1.165, 1.54) is 0 Å². The molecule has 2 saturated heterocycles. The first-order valence-corrected chi connectivity index (χ1v) is 6.79. The first kappa shape index (κ1) is 12.8. The Labute approximate surface area is 104 Å². The first-order chi connectivity index (χ1) is 8.20. The van der Waals surface area contributed by atoms with E-state index in [4.69, 9.17) is 0 Å². The maximum atomic E-state index is 12.4. The van der Waals surface area contributed by atoms with Crippen LogP contribution in [0.15, 0.2) is 0 Å². The van der Waals surface area contributed by atoms with Gasteiger partial charge in [-0.2, -0.15) is 0 Å². The van der Waals surface area contributed by atoms with Crippen molar-refractivity contribution in [3.05, 3.63) is 0 Å². The van der Waals surface area contributed by atoms with Crippen molar-refractivity contribution < 1.29 is 9.90 Å². The molecule has 2 rings (SSSR count). The predicted octanol–water partition coefficient (Wildman–Crippen LogP) is 0.559. The fraction of sp³-hybridized carbons (Fsp3) is 0.923. The zero-order chi connectivity index (χ0) is 12.3. The number of carbonyl (C=O) groups excluding carboxylic acids is 1. The van der Waals surface area contributed by atoms with Gasteiger partial charge in [-0.1, -0.05) is 0 Å². The van der Waals surface area contributed by atoms with Crippen LogP contribution in [0.4, 0.5) is 0 Å². The molecule has 0 saturated carbocycles. The van der Waals surface area contributed by atoms with Gasteiger partial charge in [-0.05, 0) is 45.2 Å². The summed E-state index contributed by atoms with van der Waals surface area (Å²) in [5, 5.41) is 9.20. The Kier molecular flexibility index (Phi) is 4.40. The van der Waals surface area contributed by atoms with Crippen LogP contribution >= 0.6 is 0 Å². The topological polar surface area (TPSA) is 43.8 Å². The van der Waals surface area contributed by atoms with E-state index in [-0.39, 0.29) is 12.5 Å². The predicted molar refractivity (Wildman–Crippen MR) is 66.6 cm³/mol. The zero-order valence-electron chi connectivity index (χ0n) is 10.8. The Morgan fingerprint density at radius 2 is 2.00 bits per heavy atom. The van der Waals surface area contributed by atoms with Gasteiger partial charge in [0.15, 0.2) is 0 Å². The van der Waals surface area contributed by atoms with Crippen molar-refractivity contribution in [1.82, 2.24) is 9.80 Å². The highest BCUT2D eigenvalue weighted by Crippen LogP contribution is 2.22. The Hall–Kier alpha value is -0.610. The SMILES string of the molecule is CN1CCC[C@@H](C(=O)N2CCC[C@@H](CO)C2)C1. The third-order valence-corrected chi connectivity index (χ3v) is 4.06. The van der Waals surface area contributed by atoms with Gasteiger partial charge in [0.05, 0.1) is 5.92 Å². The normalized spacial score (nSPS) is 31.5. The molecule has 2 aliphatic heterocycles. The molecule has 0 radical (unpaired) electrons. The van der Waals surface area contributed by atoms with Gasteiger partial charge in [-0.3, -0.25) is 4.79 Å². The average molecular weight is 240 g/mol. The van der Waals surface area contributed by atoms with Crippen LogP contribution in [0.2, 0.25) is 0 Å². The van der Waals surface area contributed by atoms with Crippen molar-refractivity contribution in [2.75, 3.05) is 39.8 Å². The van der Waals surface area contributed by atoms with Crippen LogP contribution in [0.5, 0.6) is 0 Å². The Morgan fingerprint density at radius 3 is 2.71 bits per heavy atom. The maximum Gasteiger partial charge on any atom is 0.226 e. The quantitative estimate of drug-likeness (QED) is 0.767. The van der Waals surface area contributed by atoms with Crippen LogP contribution < -0.4 is 0 Å². The van der Waals surface area contributed by atoms with Crippen molar-refractivity contribution in [2.45, 2.75) is 25.7 Å². The number of nitrogens with zero attached hydrogens (tertiary/aromatic N) is 2.